The number of benzene rings is 2. The van der Waals surface area contributed by atoms with Crippen molar-refractivity contribution in [1.82, 2.24) is 0 Å². The molecule has 0 amide bonds. The second kappa shape index (κ2) is 2.84. The summed E-state index contributed by atoms with van der Waals surface area (Å²) in [5.41, 5.74) is 4.58. The summed E-state index contributed by atoms with van der Waals surface area (Å²) in [5.74, 6) is 0.499. The summed E-state index contributed by atoms with van der Waals surface area (Å²) >= 11 is 0. The van der Waals surface area contributed by atoms with Gasteiger partial charge in [0.2, 0.25) is 0 Å². The minimum absolute atomic E-state index is 0.499. The van der Waals surface area contributed by atoms with Gasteiger partial charge in [0.05, 0.1) is 0 Å². The number of hydrogen-bond donors (Lipinski definition) is 0. The number of hydrogen-bond acceptors (Lipinski definition) is 0. The predicted octanol–water partition coefficient (Wildman–Crippen LogP) is 2.77. The molecule has 1 unspecified atom stereocenters. The highest BCUT2D eigenvalue weighted by Crippen LogP contribution is 2.42. The first kappa shape index (κ1) is 8.93. The lowest BCUT2D eigenvalue weighted by molar-refractivity contribution is 1.09. The minimum Gasteiger partial charge on any atom is -0.0726 e. The fourth-order valence-corrected chi connectivity index (χ4v) is 3.78. The Bertz CT molecular complexity index is 892. The molecule has 3 aliphatic rings. The Kier molecular flexibility index (Phi) is 1.41. The maximum atomic E-state index is 2.38. The van der Waals surface area contributed by atoms with Crippen molar-refractivity contribution in [2.24, 2.45) is 0 Å². The molecule has 0 aliphatic heterocycles. The summed E-state index contributed by atoms with van der Waals surface area (Å²) in [6.45, 7) is 0. The van der Waals surface area contributed by atoms with Crippen molar-refractivity contribution in [3.05, 3.63) is 70.1 Å². The van der Waals surface area contributed by atoms with E-state index in [1.807, 2.05) is 0 Å². The van der Waals surface area contributed by atoms with E-state index < -0.39 is 0 Å². The molecule has 0 aromatic heterocycles. The van der Waals surface area contributed by atoms with Crippen LogP contribution in [0.4, 0.5) is 0 Å². The van der Waals surface area contributed by atoms with Crippen molar-refractivity contribution in [3.8, 4) is 0 Å². The van der Waals surface area contributed by atoms with Crippen LogP contribution >= 0.6 is 0 Å². The molecule has 0 fully saturated rings. The maximum absolute atomic E-state index is 2.38. The van der Waals surface area contributed by atoms with E-state index in [4.69, 9.17) is 0 Å². The van der Waals surface area contributed by atoms with Crippen LogP contribution in [0.3, 0.4) is 0 Å². The predicted molar refractivity (Wildman–Crippen MR) is 75.7 cm³/mol. The molecule has 5 rings (SSSR count). The van der Waals surface area contributed by atoms with Crippen molar-refractivity contribution < 1.29 is 0 Å². The molecule has 3 aliphatic carbocycles. The van der Waals surface area contributed by atoms with Gasteiger partial charge < -0.3 is 0 Å². The van der Waals surface area contributed by atoms with Crippen molar-refractivity contribution in [2.45, 2.75) is 12.3 Å². The standard InChI is InChI=1S/C18H12/c1-3-11-7-9-13-10-8-12-4-2-6-15-14(5-1)16(11)18(13)17(12)15/h1-7,9-10,15H,8H2. The molecule has 84 valence electrons. The average Bonchev–Trinajstić information content (AvgIpc) is 2.78. The van der Waals surface area contributed by atoms with E-state index in [2.05, 4.69) is 54.6 Å². The molecular weight excluding hydrogens is 216 g/mol. The van der Waals surface area contributed by atoms with Crippen LogP contribution in [0.15, 0.2) is 54.1 Å². The number of allylic oxidation sites excluding steroid dienone is 4. The van der Waals surface area contributed by atoms with Gasteiger partial charge in [-0.15, -0.1) is 0 Å². The highest BCUT2D eigenvalue weighted by atomic mass is 14.3. The third-order valence-electron chi connectivity index (χ3n) is 4.51. The molecular formula is C18H12. The topological polar surface area (TPSA) is 0 Å². The maximum Gasteiger partial charge on any atom is 0.0288 e. The van der Waals surface area contributed by atoms with E-state index >= 15 is 0 Å². The lowest BCUT2D eigenvalue weighted by Crippen LogP contribution is -2.29. The lowest BCUT2D eigenvalue weighted by atomic mass is 9.84. The van der Waals surface area contributed by atoms with Crippen LogP contribution in [0, 0.1) is 0 Å². The van der Waals surface area contributed by atoms with Crippen LogP contribution in [0.2, 0.25) is 0 Å². The largest absolute Gasteiger partial charge is 0.0726 e. The fraction of sp³-hybridized carbons (Fsp3) is 0.111. The molecule has 0 bridgehead atoms. The minimum atomic E-state index is 0.499. The van der Waals surface area contributed by atoms with E-state index in [0.29, 0.717) is 5.92 Å². The molecule has 1 atom stereocenters. The Morgan fingerprint density at radius 2 is 2.06 bits per heavy atom. The summed E-state index contributed by atoms with van der Waals surface area (Å²) in [6, 6.07) is 11.3. The summed E-state index contributed by atoms with van der Waals surface area (Å²) < 4.78 is 0. The Hall–Kier alpha value is -2.08. The van der Waals surface area contributed by atoms with Gasteiger partial charge in [0.25, 0.3) is 0 Å². The van der Waals surface area contributed by atoms with Gasteiger partial charge in [-0.25, -0.2) is 0 Å². The third-order valence-corrected chi connectivity index (χ3v) is 4.51. The highest BCUT2D eigenvalue weighted by molar-refractivity contribution is 5.98. The molecule has 2 aromatic rings. The fourth-order valence-electron chi connectivity index (χ4n) is 3.78. The van der Waals surface area contributed by atoms with Crippen molar-refractivity contribution in [1.29, 1.82) is 0 Å². The van der Waals surface area contributed by atoms with Gasteiger partial charge in [-0.2, -0.15) is 0 Å². The molecule has 18 heavy (non-hydrogen) atoms. The molecule has 0 heteroatoms. The van der Waals surface area contributed by atoms with Gasteiger partial charge in [0, 0.05) is 5.92 Å². The van der Waals surface area contributed by atoms with Crippen LogP contribution in [0.1, 0.15) is 17.9 Å². The summed E-state index contributed by atoms with van der Waals surface area (Å²) in [6.07, 6.45) is 10.3. The second-order valence-corrected chi connectivity index (χ2v) is 5.35. The molecule has 0 spiro atoms. The Labute approximate surface area is 105 Å². The Morgan fingerprint density at radius 1 is 1.06 bits per heavy atom. The lowest BCUT2D eigenvalue weighted by Gasteiger charge is -2.20. The molecule has 0 radical (unpaired) electrons. The van der Waals surface area contributed by atoms with Crippen LogP contribution in [0.25, 0.3) is 22.4 Å². The third kappa shape index (κ3) is 0.862. The van der Waals surface area contributed by atoms with Gasteiger partial charge in [0.15, 0.2) is 0 Å². The molecule has 0 saturated carbocycles. The van der Waals surface area contributed by atoms with Crippen molar-refractivity contribution in [2.75, 3.05) is 0 Å². The average molecular weight is 228 g/mol. The van der Waals surface area contributed by atoms with Gasteiger partial charge in [-0.3, -0.25) is 0 Å². The normalized spacial score (nSPS) is 22.1. The van der Waals surface area contributed by atoms with Gasteiger partial charge in [0.1, 0.15) is 0 Å². The van der Waals surface area contributed by atoms with Crippen LogP contribution in [0.5, 0.6) is 0 Å². The van der Waals surface area contributed by atoms with Gasteiger partial charge in [-0.1, -0.05) is 54.6 Å². The van der Waals surface area contributed by atoms with Crippen molar-refractivity contribution >= 4 is 22.4 Å². The summed E-state index contributed by atoms with van der Waals surface area (Å²) in [7, 11) is 0. The van der Waals surface area contributed by atoms with Gasteiger partial charge in [-0.05, 0) is 44.3 Å². The van der Waals surface area contributed by atoms with Crippen LogP contribution in [-0.2, 0) is 0 Å². The zero-order valence-corrected chi connectivity index (χ0v) is 9.98. The van der Waals surface area contributed by atoms with E-state index in [1.165, 1.54) is 32.3 Å². The quantitative estimate of drug-likeness (QED) is 0.650. The second-order valence-electron chi connectivity index (χ2n) is 5.35. The van der Waals surface area contributed by atoms with E-state index in [0.717, 1.165) is 6.42 Å². The first-order valence-corrected chi connectivity index (χ1v) is 6.57. The zero-order chi connectivity index (χ0) is 11.7. The molecule has 0 N–H and O–H groups in total. The van der Waals surface area contributed by atoms with E-state index in [1.54, 1.807) is 5.57 Å². The summed E-state index contributed by atoms with van der Waals surface area (Å²) in [5, 5.41) is 5.81. The Morgan fingerprint density at radius 3 is 3.06 bits per heavy atom. The molecule has 0 nitrogen and oxygen atoms in total. The van der Waals surface area contributed by atoms with E-state index in [-0.39, 0.29) is 0 Å². The van der Waals surface area contributed by atoms with Crippen LogP contribution < -0.4 is 10.4 Å². The molecule has 0 saturated heterocycles. The van der Waals surface area contributed by atoms with Crippen molar-refractivity contribution in [3.63, 3.8) is 0 Å². The Balaban J connectivity index is 2.19. The smallest absolute Gasteiger partial charge is 0.0288 e. The summed E-state index contributed by atoms with van der Waals surface area (Å²) in [4.78, 5) is 0. The first-order valence-electron chi connectivity index (χ1n) is 6.57. The highest BCUT2D eigenvalue weighted by Gasteiger charge is 2.29. The van der Waals surface area contributed by atoms with E-state index in [9.17, 15) is 0 Å². The number of rotatable bonds is 0. The number of fused-ring (bicyclic) bond motifs is 1. The van der Waals surface area contributed by atoms with Crippen LogP contribution in [-0.4, -0.2) is 0 Å². The molecule has 0 heterocycles. The monoisotopic (exact) mass is 228 g/mol. The first-order chi connectivity index (χ1) is 8.93. The SMILES string of the molecule is C1=CC2C3=c4c(ccc5cccc2c45)=CCC3=C1. The zero-order valence-electron chi connectivity index (χ0n) is 9.98. The molecule has 2 aromatic carbocycles. The van der Waals surface area contributed by atoms with Gasteiger partial charge >= 0.3 is 0 Å².